The molecule has 3 aromatic heterocycles. The lowest BCUT2D eigenvalue weighted by molar-refractivity contribution is 0.0979. The first-order valence-corrected chi connectivity index (χ1v) is 9.99. The zero-order valence-electron chi connectivity index (χ0n) is 16.1. The van der Waals surface area contributed by atoms with E-state index in [9.17, 15) is 4.79 Å². The van der Waals surface area contributed by atoms with Crippen LogP contribution in [0.2, 0.25) is 0 Å². The highest BCUT2D eigenvalue weighted by molar-refractivity contribution is 7.22. The molecule has 0 aliphatic rings. The average molecular weight is 392 g/mol. The molecule has 1 amide bonds. The Morgan fingerprint density at radius 1 is 1.21 bits per heavy atom. The quantitative estimate of drug-likeness (QED) is 0.507. The first-order valence-electron chi connectivity index (χ1n) is 9.17. The van der Waals surface area contributed by atoms with E-state index in [-0.39, 0.29) is 5.91 Å². The molecule has 4 aromatic rings. The average Bonchev–Trinajstić information content (AvgIpc) is 3.33. The summed E-state index contributed by atoms with van der Waals surface area (Å²) in [7, 11) is 0. The van der Waals surface area contributed by atoms with Gasteiger partial charge in [-0.25, -0.2) is 4.98 Å². The van der Waals surface area contributed by atoms with Gasteiger partial charge >= 0.3 is 0 Å². The van der Waals surface area contributed by atoms with Crippen LogP contribution in [0.5, 0.6) is 0 Å². The van der Waals surface area contributed by atoms with Crippen molar-refractivity contribution in [3.05, 3.63) is 71.3 Å². The number of pyridine rings is 1. The number of carbonyl (C=O) groups excluding carboxylic acids is 1. The topological polar surface area (TPSA) is 63.9 Å². The van der Waals surface area contributed by atoms with Gasteiger partial charge in [0.25, 0.3) is 5.91 Å². The minimum Gasteiger partial charge on any atom is -0.278 e. The lowest BCUT2D eigenvalue weighted by atomic mass is 10.1. The van der Waals surface area contributed by atoms with Crippen LogP contribution in [0.4, 0.5) is 5.13 Å². The summed E-state index contributed by atoms with van der Waals surface area (Å²) < 4.78 is 2.82. The van der Waals surface area contributed by atoms with Gasteiger partial charge in [0.1, 0.15) is 0 Å². The van der Waals surface area contributed by atoms with Crippen LogP contribution in [0.1, 0.15) is 34.1 Å². The summed E-state index contributed by atoms with van der Waals surface area (Å²) in [4.78, 5) is 23.9. The molecule has 0 aliphatic carbocycles. The van der Waals surface area contributed by atoms with Gasteiger partial charge in [-0.05, 0) is 61.7 Å². The number of amides is 1. The second-order valence-corrected chi connectivity index (χ2v) is 7.72. The Labute approximate surface area is 167 Å². The van der Waals surface area contributed by atoms with Gasteiger partial charge in [-0.1, -0.05) is 17.4 Å². The second-order valence-electron chi connectivity index (χ2n) is 6.71. The van der Waals surface area contributed by atoms with Gasteiger partial charge in [-0.15, -0.1) is 0 Å². The second kappa shape index (κ2) is 7.52. The summed E-state index contributed by atoms with van der Waals surface area (Å²) in [5.41, 5.74) is 4.67. The molecule has 0 spiro atoms. The molecule has 7 heteroatoms. The standard InChI is InChI=1S/C21H21N5OS/c1-4-25-9-7-17(24-25)20(27)26(13-16-6-5-8-22-12-16)21-23-18-10-14(2)15(3)11-19(18)28-21/h5-12H,4,13H2,1-3H3. The van der Waals surface area contributed by atoms with Crippen molar-refractivity contribution in [1.82, 2.24) is 19.7 Å². The first-order chi connectivity index (χ1) is 13.5. The zero-order chi connectivity index (χ0) is 19.7. The van der Waals surface area contributed by atoms with Crippen LogP contribution in [0.25, 0.3) is 10.2 Å². The number of thiazole rings is 1. The van der Waals surface area contributed by atoms with E-state index < -0.39 is 0 Å². The van der Waals surface area contributed by atoms with Gasteiger partial charge in [-0.2, -0.15) is 5.10 Å². The Morgan fingerprint density at radius 3 is 2.75 bits per heavy atom. The Kier molecular flexibility index (Phi) is 4.92. The third-order valence-corrected chi connectivity index (χ3v) is 5.76. The molecule has 28 heavy (non-hydrogen) atoms. The maximum absolute atomic E-state index is 13.3. The van der Waals surface area contributed by atoms with Crippen LogP contribution in [-0.4, -0.2) is 25.7 Å². The molecule has 0 saturated heterocycles. The highest BCUT2D eigenvalue weighted by Crippen LogP contribution is 2.32. The monoisotopic (exact) mass is 391 g/mol. The molecule has 0 saturated carbocycles. The molecule has 3 heterocycles. The van der Waals surface area contributed by atoms with Gasteiger partial charge in [0, 0.05) is 25.1 Å². The smallest absolute Gasteiger partial charge is 0.278 e. The molecule has 0 atom stereocenters. The maximum atomic E-state index is 13.3. The van der Waals surface area contributed by atoms with Crippen LogP contribution in [0, 0.1) is 13.8 Å². The predicted octanol–water partition coefficient (Wildman–Crippen LogP) is 4.37. The largest absolute Gasteiger partial charge is 0.280 e. The maximum Gasteiger partial charge on any atom is 0.280 e. The summed E-state index contributed by atoms with van der Waals surface area (Å²) in [6, 6.07) is 9.78. The third kappa shape index (κ3) is 3.53. The van der Waals surface area contributed by atoms with Crippen molar-refractivity contribution in [3.8, 4) is 0 Å². The van der Waals surface area contributed by atoms with Crippen LogP contribution >= 0.6 is 11.3 Å². The van der Waals surface area contributed by atoms with Crippen molar-refractivity contribution >= 4 is 32.6 Å². The molecular weight excluding hydrogens is 370 g/mol. The van der Waals surface area contributed by atoms with Gasteiger partial charge in [0.05, 0.1) is 16.8 Å². The molecule has 0 unspecified atom stereocenters. The van der Waals surface area contributed by atoms with E-state index in [1.54, 1.807) is 28.0 Å². The Hall–Kier alpha value is -3.06. The van der Waals surface area contributed by atoms with Gasteiger partial charge in [0.2, 0.25) is 0 Å². The van der Waals surface area contributed by atoms with E-state index in [4.69, 9.17) is 4.98 Å². The van der Waals surface area contributed by atoms with Gasteiger partial charge in [0.15, 0.2) is 10.8 Å². The number of carbonyl (C=O) groups is 1. The molecule has 0 N–H and O–H groups in total. The first kappa shape index (κ1) is 18.3. The Balaban J connectivity index is 1.76. The van der Waals surface area contributed by atoms with Crippen molar-refractivity contribution in [2.45, 2.75) is 33.9 Å². The van der Waals surface area contributed by atoms with E-state index in [2.05, 4.69) is 36.1 Å². The zero-order valence-corrected chi connectivity index (χ0v) is 16.9. The molecule has 0 aliphatic heterocycles. The Bertz CT molecular complexity index is 1090. The predicted molar refractivity (Wildman–Crippen MR) is 112 cm³/mol. The van der Waals surface area contributed by atoms with Gasteiger partial charge < -0.3 is 0 Å². The minimum absolute atomic E-state index is 0.163. The van der Waals surface area contributed by atoms with E-state index in [1.165, 1.54) is 22.5 Å². The molecule has 0 radical (unpaired) electrons. The molecular formula is C21H21N5OS. The van der Waals surface area contributed by atoms with E-state index >= 15 is 0 Å². The number of anilines is 1. The lowest BCUT2D eigenvalue weighted by Crippen LogP contribution is -2.30. The minimum atomic E-state index is -0.163. The highest BCUT2D eigenvalue weighted by Gasteiger charge is 2.24. The summed E-state index contributed by atoms with van der Waals surface area (Å²) >= 11 is 1.52. The van der Waals surface area contributed by atoms with Gasteiger partial charge in [-0.3, -0.25) is 19.4 Å². The normalized spacial score (nSPS) is 11.1. The van der Waals surface area contributed by atoms with E-state index in [0.29, 0.717) is 17.4 Å². The Morgan fingerprint density at radius 2 is 2.04 bits per heavy atom. The highest BCUT2D eigenvalue weighted by atomic mass is 32.1. The summed E-state index contributed by atoms with van der Waals surface area (Å²) in [5, 5.41) is 5.05. The van der Waals surface area contributed by atoms with Crippen molar-refractivity contribution in [2.24, 2.45) is 0 Å². The number of nitrogens with zero attached hydrogens (tertiary/aromatic N) is 5. The number of benzene rings is 1. The molecule has 4 rings (SSSR count). The number of rotatable bonds is 5. The number of aromatic nitrogens is 4. The van der Waals surface area contributed by atoms with Crippen LogP contribution in [0.3, 0.4) is 0 Å². The molecule has 142 valence electrons. The van der Waals surface area contributed by atoms with Crippen molar-refractivity contribution < 1.29 is 4.79 Å². The summed E-state index contributed by atoms with van der Waals surface area (Å²) in [5.74, 6) is -0.163. The summed E-state index contributed by atoms with van der Waals surface area (Å²) in [6.45, 7) is 7.26. The molecule has 0 bridgehead atoms. The number of aryl methyl sites for hydroxylation is 3. The lowest BCUT2D eigenvalue weighted by Gasteiger charge is -2.18. The van der Waals surface area contributed by atoms with Crippen molar-refractivity contribution in [2.75, 3.05) is 4.90 Å². The number of hydrogen-bond donors (Lipinski definition) is 0. The fourth-order valence-corrected chi connectivity index (χ4v) is 4.02. The fraction of sp³-hybridized carbons (Fsp3) is 0.238. The van der Waals surface area contributed by atoms with Crippen molar-refractivity contribution in [1.29, 1.82) is 0 Å². The number of hydrogen-bond acceptors (Lipinski definition) is 5. The fourth-order valence-electron chi connectivity index (χ4n) is 2.97. The third-order valence-electron chi connectivity index (χ3n) is 4.72. The summed E-state index contributed by atoms with van der Waals surface area (Å²) in [6.07, 6.45) is 5.31. The SMILES string of the molecule is CCn1ccc(C(=O)N(Cc2cccnc2)c2nc3cc(C)c(C)cc3s2)n1. The van der Waals surface area contributed by atoms with Crippen LogP contribution in [0.15, 0.2) is 48.9 Å². The number of fused-ring (bicyclic) bond motifs is 1. The molecule has 0 fully saturated rings. The molecule has 1 aromatic carbocycles. The van der Waals surface area contributed by atoms with E-state index in [0.717, 1.165) is 22.3 Å². The van der Waals surface area contributed by atoms with Crippen LogP contribution < -0.4 is 4.90 Å². The van der Waals surface area contributed by atoms with E-state index in [1.807, 2.05) is 25.3 Å². The van der Waals surface area contributed by atoms with Crippen LogP contribution in [-0.2, 0) is 13.1 Å². The van der Waals surface area contributed by atoms with Crippen molar-refractivity contribution in [3.63, 3.8) is 0 Å². The molecule has 6 nitrogen and oxygen atoms in total.